The zero-order chi connectivity index (χ0) is 21.0. The van der Waals surface area contributed by atoms with Gasteiger partial charge in [0.2, 0.25) is 0 Å². The molecule has 150 valence electrons. The topological polar surface area (TPSA) is 131 Å². The van der Waals surface area contributed by atoms with Crippen LogP contribution in [0, 0.1) is 6.92 Å². The van der Waals surface area contributed by atoms with Gasteiger partial charge in [0.1, 0.15) is 6.10 Å². The van der Waals surface area contributed by atoms with Crippen LogP contribution in [0.4, 0.5) is 11.4 Å². The van der Waals surface area contributed by atoms with Crippen LogP contribution in [0.2, 0.25) is 0 Å². The molecule has 0 bridgehead atoms. The Morgan fingerprint density at radius 1 is 1.17 bits per heavy atom. The third-order valence-electron chi connectivity index (χ3n) is 4.25. The van der Waals surface area contributed by atoms with Crippen molar-refractivity contribution in [1.82, 2.24) is 20.0 Å². The number of carbonyl (C=O) groups is 2. The molecule has 2 amide bonds. The molecule has 0 aliphatic heterocycles. The minimum absolute atomic E-state index is 0.290. The van der Waals surface area contributed by atoms with E-state index in [2.05, 4.69) is 25.9 Å². The van der Waals surface area contributed by atoms with E-state index in [1.165, 1.54) is 30.1 Å². The van der Waals surface area contributed by atoms with Crippen molar-refractivity contribution >= 4 is 23.2 Å². The van der Waals surface area contributed by atoms with Crippen LogP contribution in [-0.4, -0.2) is 45.0 Å². The molecule has 3 aromatic rings. The molecule has 0 radical (unpaired) electrons. The summed E-state index contributed by atoms with van der Waals surface area (Å²) < 4.78 is 6.43. The number of H-pyrrole nitrogens is 1. The molecule has 0 fully saturated rings. The molecule has 0 spiro atoms. The number of ether oxygens (including phenoxy) is 1. The molecule has 10 nitrogen and oxygen atoms in total. The maximum Gasteiger partial charge on any atom is 0.264 e. The second-order valence-corrected chi connectivity index (χ2v) is 6.24. The van der Waals surface area contributed by atoms with E-state index in [0.29, 0.717) is 28.5 Å². The van der Waals surface area contributed by atoms with Gasteiger partial charge in [-0.1, -0.05) is 6.07 Å². The number of benzene rings is 1. The van der Waals surface area contributed by atoms with Crippen LogP contribution in [0.3, 0.4) is 0 Å². The molecule has 3 N–H and O–H groups in total. The lowest BCUT2D eigenvalue weighted by molar-refractivity contribution is -0.124. The summed E-state index contributed by atoms with van der Waals surface area (Å²) in [6.45, 7) is 3.36. The summed E-state index contributed by atoms with van der Waals surface area (Å²) in [5.41, 5.74) is 1.61. The van der Waals surface area contributed by atoms with Gasteiger partial charge >= 0.3 is 0 Å². The summed E-state index contributed by atoms with van der Waals surface area (Å²) in [6.07, 6.45) is 0.826. The Balaban J connectivity index is 1.76. The fourth-order valence-electron chi connectivity index (χ4n) is 2.54. The number of amides is 2. The predicted molar refractivity (Wildman–Crippen MR) is 106 cm³/mol. The Morgan fingerprint density at radius 2 is 1.90 bits per heavy atom. The van der Waals surface area contributed by atoms with Crippen LogP contribution in [-0.2, 0) is 9.53 Å². The first kappa shape index (κ1) is 20.0. The number of nitrogens with one attached hydrogen (secondary N) is 3. The predicted octanol–water partition coefficient (Wildman–Crippen LogP) is 1.49. The van der Waals surface area contributed by atoms with Crippen molar-refractivity contribution in [3.05, 3.63) is 64.2 Å². The normalized spacial score (nSPS) is 11.7. The second-order valence-electron chi connectivity index (χ2n) is 6.24. The van der Waals surface area contributed by atoms with Gasteiger partial charge in [0.15, 0.2) is 5.82 Å². The molecule has 10 heteroatoms. The molecule has 1 atom stereocenters. The lowest BCUT2D eigenvalue weighted by Crippen LogP contribution is -2.26. The Hall–Kier alpha value is -3.79. The Bertz CT molecular complexity index is 1080. The average Bonchev–Trinajstić information content (AvgIpc) is 3.09. The number of hydrogen-bond acceptors (Lipinski definition) is 6. The number of rotatable bonds is 6. The highest BCUT2D eigenvalue weighted by Gasteiger charge is 2.17. The molecular formula is C19H20N6O4. The summed E-state index contributed by atoms with van der Waals surface area (Å²) in [5.74, 6) is -0.272. The van der Waals surface area contributed by atoms with Crippen LogP contribution in [0.15, 0.2) is 47.4 Å². The van der Waals surface area contributed by atoms with E-state index in [0.717, 1.165) is 0 Å². The fourth-order valence-corrected chi connectivity index (χ4v) is 2.54. The number of aromatic nitrogens is 4. The van der Waals surface area contributed by atoms with Gasteiger partial charge in [-0.05, 0) is 38.1 Å². The second kappa shape index (κ2) is 8.48. The van der Waals surface area contributed by atoms with E-state index in [9.17, 15) is 14.4 Å². The molecule has 2 heterocycles. The van der Waals surface area contributed by atoms with Gasteiger partial charge in [-0.3, -0.25) is 14.4 Å². The first-order chi connectivity index (χ1) is 13.9. The highest BCUT2D eigenvalue weighted by molar-refractivity contribution is 6.05. The van der Waals surface area contributed by atoms with Crippen LogP contribution in [0.25, 0.3) is 5.82 Å². The minimum atomic E-state index is -0.594. The van der Waals surface area contributed by atoms with Crippen molar-refractivity contribution in [2.75, 3.05) is 17.7 Å². The smallest absolute Gasteiger partial charge is 0.264 e. The lowest BCUT2D eigenvalue weighted by Gasteiger charge is -2.12. The number of aromatic amines is 1. The molecule has 0 saturated carbocycles. The minimum Gasteiger partial charge on any atom is -0.372 e. The Labute approximate surface area is 165 Å². The summed E-state index contributed by atoms with van der Waals surface area (Å²) in [7, 11) is 1.45. The summed E-state index contributed by atoms with van der Waals surface area (Å²) in [5, 5.41) is 15.9. The highest BCUT2D eigenvalue weighted by Crippen LogP contribution is 2.18. The van der Waals surface area contributed by atoms with Gasteiger partial charge < -0.3 is 15.4 Å². The van der Waals surface area contributed by atoms with Crippen LogP contribution >= 0.6 is 0 Å². The third-order valence-corrected chi connectivity index (χ3v) is 4.25. The molecule has 0 aliphatic carbocycles. The number of methoxy groups -OCH3 is 1. The van der Waals surface area contributed by atoms with Crippen LogP contribution < -0.4 is 16.2 Å². The molecule has 1 aromatic carbocycles. The van der Waals surface area contributed by atoms with Gasteiger partial charge in [-0.2, -0.15) is 10.2 Å². The summed E-state index contributed by atoms with van der Waals surface area (Å²) in [6, 6.07) is 9.60. The average molecular weight is 396 g/mol. The van der Waals surface area contributed by atoms with E-state index in [1.54, 1.807) is 38.1 Å². The zero-order valence-corrected chi connectivity index (χ0v) is 16.1. The molecule has 3 rings (SSSR count). The first-order valence-corrected chi connectivity index (χ1v) is 8.75. The third kappa shape index (κ3) is 4.55. The molecular weight excluding hydrogens is 376 g/mol. The maximum absolute atomic E-state index is 12.7. The van der Waals surface area contributed by atoms with E-state index in [-0.39, 0.29) is 17.4 Å². The largest absolute Gasteiger partial charge is 0.372 e. The molecule has 0 aliphatic rings. The van der Waals surface area contributed by atoms with Gasteiger partial charge in [0.25, 0.3) is 17.4 Å². The van der Waals surface area contributed by atoms with E-state index < -0.39 is 6.10 Å². The van der Waals surface area contributed by atoms with E-state index >= 15 is 0 Å². The van der Waals surface area contributed by atoms with Gasteiger partial charge in [0.05, 0.1) is 17.5 Å². The van der Waals surface area contributed by atoms with Crippen molar-refractivity contribution < 1.29 is 14.3 Å². The van der Waals surface area contributed by atoms with Crippen LogP contribution in [0.5, 0.6) is 0 Å². The van der Waals surface area contributed by atoms with Crippen molar-refractivity contribution in [3.63, 3.8) is 0 Å². The number of hydrogen-bond donors (Lipinski definition) is 3. The molecule has 29 heavy (non-hydrogen) atoms. The standard InChI is InChI=1S/C19H20N6O4/c1-11-15(10-20-25(11)16-7-8-17(26)24-23-16)19(28)22-14-6-4-5-13(9-14)21-18(27)12(2)29-3/h4-10,12H,1-3H3,(H,21,27)(H,22,28)(H,24,26). The van der Waals surface area contributed by atoms with Crippen molar-refractivity contribution in [3.8, 4) is 5.82 Å². The number of anilines is 2. The summed E-state index contributed by atoms with van der Waals surface area (Å²) >= 11 is 0. The van der Waals surface area contributed by atoms with Gasteiger partial charge in [0, 0.05) is 24.6 Å². The van der Waals surface area contributed by atoms with Gasteiger partial charge in [-0.25, -0.2) is 9.78 Å². The van der Waals surface area contributed by atoms with E-state index in [4.69, 9.17) is 4.74 Å². The van der Waals surface area contributed by atoms with Crippen molar-refractivity contribution in [1.29, 1.82) is 0 Å². The van der Waals surface area contributed by atoms with E-state index in [1.807, 2.05) is 0 Å². The Kier molecular flexibility index (Phi) is 5.84. The zero-order valence-electron chi connectivity index (χ0n) is 16.1. The van der Waals surface area contributed by atoms with Gasteiger partial charge in [-0.15, -0.1) is 0 Å². The number of carbonyl (C=O) groups excluding carboxylic acids is 2. The SMILES string of the molecule is COC(C)C(=O)Nc1cccc(NC(=O)c2cnn(-c3ccc(=O)[nH]n3)c2C)c1. The molecule has 0 saturated heterocycles. The highest BCUT2D eigenvalue weighted by atomic mass is 16.5. The van der Waals surface area contributed by atoms with Crippen molar-refractivity contribution in [2.45, 2.75) is 20.0 Å². The maximum atomic E-state index is 12.7. The molecule has 2 aromatic heterocycles. The quantitative estimate of drug-likeness (QED) is 0.579. The monoisotopic (exact) mass is 396 g/mol. The lowest BCUT2D eigenvalue weighted by atomic mass is 10.2. The molecule has 1 unspecified atom stereocenters. The summed E-state index contributed by atoms with van der Waals surface area (Å²) in [4.78, 5) is 35.8. The van der Waals surface area contributed by atoms with Crippen LogP contribution in [0.1, 0.15) is 23.0 Å². The number of nitrogens with zero attached hydrogens (tertiary/aromatic N) is 3. The fraction of sp³-hybridized carbons (Fsp3) is 0.211. The Morgan fingerprint density at radius 3 is 2.55 bits per heavy atom. The van der Waals surface area contributed by atoms with Crippen molar-refractivity contribution in [2.24, 2.45) is 0 Å². The first-order valence-electron chi connectivity index (χ1n) is 8.75.